The Kier molecular flexibility index (Phi) is 1.36. The Labute approximate surface area is 67.4 Å². The van der Waals surface area contributed by atoms with Crippen molar-refractivity contribution in [3.63, 3.8) is 0 Å². The zero-order valence-electron chi connectivity index (χ0n) is 6.38. The Hall–Kier alpha value is -1.45. The predicted octanol–water partition coefficient (Wildman–Crippen LogP) is 1.85. The van der Waals surface area contributed by atoms with Gasteiger partial charge in [-0.05, 0) is 12.1 Å². The summed E-state index contributed by atoms with van der Waals surface area (Å²) in [6.07, 6.45) is 1.50. The van der Waals surface area contributed by atoms with Gasteiger partial charge >= 0.3 is 0 Å². The highest BCUT2D eigenvalue weighted by atomic mass is 19.2. The minimum absolute atomic E-state index is 0.204. The van der Waals surface area contributed by atoms with E-state index in [4.69, 9.17) is 0 Å². The van der Waals surface area contributed by atoms with Gasteiger partial charge in [0.15, 0.2) is 11.6 Å². The van der Waals surface area contributed by atoms with E-state index in [2.05, 4.69) is 5.10 Å². The van der Waals surface area contributed by atoms with E-state index in [1.165, 1.54) is 16.9 Å². The third-order valence-corrected chi connectivity index (χ3v) is 1.79. The molecular formula is C8H6F2N2. The van der Waals surface area contributed by atoms with Crippen LogP contribution in [0.3, 0.4) is 0 Å². The maximum absolute atomic E-state index is 13.1. The summed E-state index contributed by atoms with van der Waals surface area (Å²) in [5.41, 5.74) is 0.204. The van der Waals surface area contributed by atoms with Crippen LogP contribution in [0, 0.1) is 11.6 Å². The molecule has 0 bridgehead atoms. The van der Waals surface area contributed by atoms with Crippen LogP contribution in [0.25, 0.3) is 10.9 Å². The van der Waals surface area contributed by atoms with Gasteiger partial charge in [0.05, 0.1) is 6.20 Å². The maximum atomic E-state index is 13.1. The molecule has 1 aromatic carbocycles. The second-order valence-electron chi connectivity index (χ2n) is 2.57. The molecule has 62 valence electrons. The van der Waals surface area contributed by atoms with E-state index >= 15 is 0 Å². The fraction of sp³-hybridized carbons (Fsp3) is 0.125. The summed E-state index contributed by atoms with van der Waals surface area (Å²) in [7, 11) is 1.57. The van der Waals surface area contributed by atoms with Crippen molar-refractivity contribution >= 4 is 10.9 Å². The van der Waals surface area contributed by atoms with E-state index in [9.17, 15) is 8.78 Å². The molecule has 0 fully saturated rings. The van der Waals surface area contributed by atoms with Gasteiger partial charge in [-0.1, -0.05) is 0 Å². The third kappa shape index (κ3) is 0.809. The van der Waals surface area contributed by atoms with Gasteiger partial charge < -0.3 is 0 Å². The smallest absolute Gasteiger partial charge is 0.184 e. The molecule has 0 atom stereocenters. The van der Waals surface area contributed by atoms with Crippen LogP contribution in [0.2, 0.25) is 0 Å². The molecule has 0 aliphatic carbocycles. The lowest BCUT2D eigenvalue weighted by Gasteiger charge is -1.96. The Morgan fingerprint density at radius 3 is 2.83 bits per heavy atom. The van der Waals surface area contributed by atoms with Gasteiger partial charge in [-0.15, -0.1) is 0 Å². The molecule has 1 heterocycles. The Bertz CT molecular complexity index is 434. The average Bonchev–Trinajstić information content (AvgIpc) is 2.41. The standard InChI is InChI=1S/C8H6F2N2/c1-12-8-5(4-11-12)2-3-6(9)7(8)10/h2-4H,1H3. The average molecular weight is 168 g/mol. The highest BCUT2D eigenvalue weighted by Crippen LogP contribution is 2.18. The minimum atomic E-state index is -0.842. The molecular weight excluding hydrogens is 162 g/mol. The Balaban J connectivity index is 2.96. The number of benzene rings is 1. The lowest BCUT2D eigenvalue weighted by Crippen LogP contribution is -1.93. The second kappa shape index (κ2) is 2.27. The highest BCUT2D eigenvalue weighted by Gasteiger charge is 2.09. The largest absolute Gasteiger partial charge is 0.265 e. The molecule has 0 aliphatic heterocycles. The number of halogens is 2. The van der Waals surface area contributed by atoms with Crippen LogP contribution in [0.4, 0.5) is 8.78 Å². The second-order valence-corrected chi connectivity index (χ2v) is 2.57. The van der Waals surface area contributed by atoms with E-state index in [1.807, 2.05) is 0 Å². The fourth-order valence-corrected chi connectivity index (χ4v) is 1.19. The number of aryl methyl sites for hydroxylation is 1. The van der Waals surface area contributed by atoms with Crippen LogP contribution >= 0.6 is 0 Å². The van der Waals surface area contributed by atoms with Crippen molar-refractivity contribution in [3.05, 3.63) is 30.0 Å². The lowest BCUT2D eigenvalue weighted by atomic mass is 10.2. The first-order valence-electron chi connectivity index (χ1n) is 3.46. The van der Waals surface area contributed by atoms with E-state index in [-0.39, 0.29) is 5.52 Å². The van der Waals surface area contributed by atoms with Gasteiger partial charge in [-0.3, -0.25) is 4.68 Å². The molecule has 2 nitrogen and oxygen atoms in total. The van der Waals surface area contributed by atoms with E-state index < -0.39 is 11.6 Å². The monoisotopic (exact) mass is 168 g/mol. The van der Waals surface area contributed by atoms with Crippen LogP contribution < -0.4 is 0 Å². The molecule has 2 aromatic rings. The lowest BCUT2D eigenvalue weighted by molar-refractivity contribution is 0.511. The third-order valence-electron chi connectivity index (χ3n) is 1.79. The van der Waals surface area contributed by atoms with E-state index in [1.54, 1.807) is 7.05 Å². The van der Waals surface area contributed by atoms with Crippen molar-refractivity contribution in [2.45, 2.75) is 0 Å². The summed E-state index contributed by atoms with van der Waals surface area (Å²) in [5.74, 6) is -1.68. The number of aromatic nitrogens is 2. The quantitative estimate of drug-likeness (QED) is 0.587. The maximum Gasteiger partial charge on any atom is 0.184 e. The van der Waals surface area contributed by atoms with Crippen molar-refractivity contribution in [1.82, 2.24) is 9.78 Å². The first-order valence-corrected chi connectivity index (χ1v) is 3.46. The molecule has 1 aromatic heterocycles. The summed E-state index contributed by atoms with van der Waals surface area (Å²) >= 11 is 0. The molecule has 4 heteroatoms. The summed E-state index contributed by atoms with van der Waals surface area (Å²) in [6, 6.07) is 2.60. The van der Waals surface area contributed by atoms with Gasteiger partial charge in [0.2, 0.25) is 0 Å². The Morgan fingerprint density at radius 1 is 1.33 bits per heavy atom. The molecule has 12 heavy (non-hydrogen) atoms. The molecule has 2 rings (SSSR count). The van der Waals surface area contributed by atoms with Crippen molar-refractivity contribution in [2.75, 3.05) is 0 Å². The predicted molar refractivity (Wildman–Crippen MR) is 40.6 cm³/mol. The number of nitrogens with zero attached hydrogens (tertiary/aromatic N) is 2. The number of rotatable bonds is 0. The van der Waals surface area contributed by atoms with Gasteiger partial charge in [0.25, 0.3) is 0 Å². The molecule has 0 spiro atoms. The van der Waals surface area contributed by atoms with Crippen LogP contribution in [-0.4, -0.2) is 9.78 Å². The summed E-state index contributed by atoms with van der Waals surface area (Å²) in [4.78, 5) is 0. The zero-order chi connectivity index (χ0) is 8.72. The molecule has 0 aliphatic rings. The number of hydrogen-bond donors (Lipinski definition) is 0. The van der Waals surface area contributed by atoms with Crippen molar-refractivity contribution < 1.29 is 8.78 Å². The molecule has 0 radical (unpaired) electrons. The molecule has 0 unspecified atom stereocenters. The molecule has 0 N–H and O–H groups in total. The minimum Gasteiger partial charge on any atom is -0.265 e. The van der Waals surface area contributed by atoms with Crippen LogP contribution in [0.1, 0.15) is 0 Å². The number of hydrogen-bond acceptors (Lipinski definition) is 1. The van der Waals surface area contributed by atoms with E-state index in [0.29, 0.717) is 5.39 Å². The zero-order valence-corrected chi connectivity index (χ0v) is 6.38. The van der Waals surface area contributed by atoms with Crippen LogP contribution in [-0.2, 0) is 7.05 Å². The van der Waals surface area contributed by atoms with Crippen LogP contribution in [0.5, 0.6) is 0 Å². The summed E-state index contributed by atoms with van der Waals surface area (Å²) < 4.78 is 27.1. The molecule has 0 saturated carbocycles. The van der Waals surface area contributed by atoms with Crippen molar-refractivity contribution in [3.8, 4) is 0 Å². The first-order chi connectivity index (χ1) is 5.70. The number of fused-ring (bicyclic) bond motifs is 1. The van der Waals surface area contributed by atoms with Crippen molar-refractivity contribution in [1.29, 1.82) is 0 Å². The topological polar surface area (TPSA) is 17.8 Å². The highest BCUT2D eigenvalue weighted by molar-refractivity contribution is 5.79. The summed E-state index contributed by atoms with van der Waals surface area (Å²) in [6.45, 7) is 0. The normalized spacial score (nSPS) is 10.9. The van der Waals surface area contributed by atoms with Gasteiger partial charge in [-0.2, -0.15) is 5.10 Å². The Morgan fingerprint density at radius 2 is 2.08 bits per heavy atom. The van der Waals surface area contributed by atoms with E-state index in [0.717, 1.165) is 6.07 Å². The molecule has 0 saturated heterocycles. The van der Waals surface area contributed by atoms with Crippen molar-refractivity contribution in [2.24, 2.45) is 7.05 Å². The SMILES string of the molecule is Cn1ncc2ccc(F)c(F)c21. The fourth-order valence-electron chi connectivity index (χ4n) is 1.19. The van der Waals surface area contributed by atoms with Gasteiger partial charge in [0.1, 0.15) is 5.52 Å². The van der Waals surface area contributed by atoms with Crippen LogP contribution in [0.15, 0.2) is 18.3 Å². The van der Waals surface area contributed by atoms with Gasteiger partial charge in [-0.25, -0.2) is 8.78 Å². The first kappa shape index (κ1) is 7.21. The molecule has 0 amide bonds. The van der Waals surface area contributed by atoms with Gasteiger partial charge in [0, 0.05) is 12.4 Å². The summed E-state index contributed by atoms with van der Waals surface area (Å²) in [5, 5.41) is 4.42.